The number of anilines is 1. The fourth-order valence-electron chi connectivity index (χ4n) is 3.63. The van der Waals surface area contributed by atoms with Gasteiger partial charge in [0.25, 0.3) is 6.01 Å². The maximum absolute atomic E-state index is 12.4. The predicted octanol–water partition coefficient (Wildman–Crippen LogP) is 4.68. The van der Waals surface area contributed by atoms with Gasteiger partial charge < -0.3 is 19.2 Å². The second-order valence-electron chi connectivity index (χ2n) is 6.66. The number of allylic oxidation sites excluding steroid dienone is 2. The Morgan fingerprint density at radius 2 is 1.89 bits per heavy atom. The van der Waals surface area contributed by atoms with Gasteiger partial charge in [0.1, 0.15) is 11.3 Å². The number of hydrogen-bond donors (Lipinski definition) is 1. The monoisotopic (exact) mass is 380 g/mol. The average Bonchev–Trinajstić information content (AvgIpc) is 3.03. The smallest absolute Gasteiger partial charge is 0.423 e. The summed E-state index contributed by atoms with van der Waals surface area (Å²) in [6.45, 7) is 1.52. The highest BCUT2D eigenvalue weighted by molar-refractivity contribution is 5.76. The quantitative estimate of drug-likeness (QED) is 0.835. The van der Waals surface area contributed by atoms with Crippen molar-refractivity contribution in [1.82, 2.24) is 4.98 Å². The molecule has 2 aromatic rings. The molecule has 4 rings (SSSR count). The summed E-state index contributed by atoms with van der Waals surface area (Å²) < 4.78 is 52.1. The normalized spacial score (nSPS) is 23.7. The molecule has 0 radical (unpaired) electrons. The van der Waals surface area contributed by atoms with Crippen LogP contribution < -0.4 is 10.1 Å². The average molecular weight is 380 g/mol. The Labute approximate surface area is 153 Å². The number of alkyl halides is 3. The van der Waals surface area contributed by atoms with Crippen LogP contribution >= 0.6 is 0 Å². The van der Waals surface area contributed by atoms with E-state index < -0.39 is 6.36 Å². The van der Waals surface area contributed by atoms with Crippen LogP contribution in [-0.2, 0) is 4.74 Å². The summed E-state index contributed by atoms with van der Waals surface area (Å²) in [7, 11) is 0. The zero-order valence-corrected chi connectivity index (χ0v) is 14.4. The van der Waals surface area contributed by atoms with Gasteiger partial charge in [-0.3, -0.25) is 0 Å². The number of benzene rings is 1. The number of halogens is 3. The molecule has 1 aliphatic carbocycles. The standard InChI is InChI=1S/C19H19F3N2O3/c20-19(21,22)27-13-5-6-16-17(11-13)26-18(24-16)23-15-4-2-1-3-14(15)12-7-9-25-10-8-12/h1-6,11-12,14-15H,7-10H2,(H,23,24). The van der Waals surface area contributed by atoms with Crippen molar-refractivity contribution in [3.8, 4) is 5.75 Å². The molecule has 144 valence electrons. The Morgan fingerprint density at radius 3 is 2.67 bits per heavy atom. The van der Waals surface area contributed by atoms with Gasteiger partial charge in [0, 0.05) is 25.2 Å². The zero-order chi connectivity index (χ0) is 18.9. The summed E-state index contributed by atoms with van der Waals surface area (Å²) in [5.41, 5.74) is 0.696. The van der Waals surface area contributed by atoms with E-state index in [0.29, 0.717) is 11.4 Å². The molecular formula is C19H19F3N2O3. The molecule has 0 spiro atoms. The first-order chi connectivity index (χ1) is 13.0. The molecule has 1 aromatic heterocycles. The summed E-state index contributed by atoms with van der Waals surface area (Å²) in [5.74, 6) is 0.435. The third-order valence-corrected chi connectivity index (χ3v) is 4.87. The molecule has 0 saturated carbocycles. The van der Waals surface area contributed by atoms with Crippen molar-refractivity contribution < 1.29 is 27.1 Å². The fourth-order valence-corrected chi connectivity index (χ4v) is 3.63. The maximum Gasteiger partial charge on any atom is 0.573 e. The van der Waals surface area contributed by atoms with Crippen molar-refractivity contribution in [2.24, 2.45) is 11.8 Å². The molecule has 1 fully saturated rings. The van der Waals surface area contributed by atoms with E-state index in [9.17, 15) is 13.2 Å². The predicted molar refractivity (Wildman–Crippen MR) is 93.4 cm³/mol. The first-order valence-corrected chi connectivity index (χ1v) is 8.83. The van der Waals surface area contributed by atoms with E-state index >= 15 is 0 Å². The Morgan fingerprint density at radius 1 is 1.11 bits per heavy atom. The van der Waals surface area contributed by atoms with Crippen LogP contribution in [0.3, 0.4) is 0 Å². The molecule has 2 aliphatic rings. The van der Waals surface area contributed by atoms with Gasteiger partial charge in [-0.05, 0) is 30.9 Å². The van der Waals surface area contributed by atoms with Gasteiger partial charge in [-0.1, -0.05) is 24.3 Å². The zero-order valence-electron chi connectivity index (χ0n) is 14.4. The van der Waals surface area contributed by atoms with Gasteiger partial charge in [-0.25, -0.2) is 0 Å². The molecule has 1 aromatic carbocycles. The SMILES string of the molecule is FC(F)(F)Oc1ccc2nc(NC3C=CC=CC3C3CCOCC3)oc2c1. The van der Waals surface area contributed by atoms with Crippen molar-refractivity contribution >= 4 is 17.1 Å². The minimum Gasteiger partial charge on any atom is -0.423 e. The van der Waals surface area contributed by atoms with Crippen molar-refractivity contribution in [2.75, 3.05) is 18.5 Å². The maximum atomic E-state index is 12.4. The van der Waals surface area contributed by atoms with E-state index in [2.05, 4.69) is 21.1 Å². The number of rotatable bonds is 4. The van der Waals surface area contributed by atoms with E-state index in [1.807, 2.05) is 18.2 Å². The van der Waals surface area contributed by atoms with E-state index in [1.165, 1.54) is 18.2 Å². The molecule has 5 nitrogen and oxygen atoms in total. The molecule has 8 heteroatoms. The van der Waals surface area contributed by atoms with Gasteiger partial charge in [-0.2, -0.15) is 4.98 Å². The molecule has 1 aliphatic heterocycles. The number of hydrogen-bond acceptors (Lipinski definition) is 5. The Bertz CT molecular complexity index is 853. The summed E-state index contributed by atoms with van der Waals surface area (Å²) in [6.07, 6.45) is 5.46. The lowest BCUT2D eigenvalue weighted by Gasteiger charge is -2.34. The third kappa shape index (κ3) is 4.27. The first-order valence-electron chi connectivity index (χ1n) is 8.83. The van der Waals surface area contributed by atoms with Crippen LogP contribution in [0.15, 0.2) is 46.9 Å². The van der Waals surface area contributed by atoms with Gasteiger partial charge >= 0.3 is 6.36 Å². The number of nitrogens with one attached hydrogen (secondary N) is 1. The largest absolute Gasteiger partial charge is 0.573 e. The summed E-state index contributed by atoms with van der Waals surface area (Å²) in [5, 5.41) is 3.27. The van der Waals surface area contributed by atoms with Crippen LogP contribution in [0.4, 0.5) is 19.2 Å². The van der Waals surface area contributed by atoms with E-state index in [4.69, 9.17) is 9.15 Å². The highest BCUT2D eigenvalue weighted by atomic mass is 19.4. The number of aromatic nitrogens is 1. The number of ether oxygens (including phenoxy) is 2. The van der Waals surface area contributed by atoms with Crippen molar-refractivity contribution in [3.63, 3.8) is 0 Å². The molecule has 2 heterocycles. The summed E-state index contributed by atoms with van der Waals surface area (Å²) >= 11 is 0. The topological polar surface area (TPSA) is 56.5 Å². The van der Waals surface area contributed by atoms with Crippen LogP contribution in [0.25, 0.3) is 11.1 Å². The highest BCUT2D eigenvalue weighted by Gasteiger charge is 2.32. The molecule has 0 amide bonds. The molecule has 1 saturated heterocycles. The van der Waals surface area contributed by atoms with Gasteiger partial charge in [0.05, 0.1) is 6.04 Å². The van der Waals surface area contributed by atoms with Crippen LogP contribution in [-0.4, -0.2) is 30.6 Å². The molecular weight excluding hydrogens is 361 g/mol. The Balaban J connectivity index is 1.51. The van der Waals surface area contributed by atoms with Gasteiger partial charge in [0.2, 0.25) is 0 Å². The minimum absolute atomic E-state index is 0.00272. The molecule has 2 atom stereocenters. The Hall–Kier alpha value is -2.48. The van der Waals surface area contributed by atoms with Crippen molar-refractivity contribution in [1.29, 1.82) is 0 Å². The fraction of sp³-hybridized carbons (Fsp3) is 0.421. The Kier molecular flexibility index (Phi) is 4.82. The van der Waals surface area contributed by atoms with Crippen LogP contribution in [0.1, 0.15) is 12.8 Å². The van der Waals surface area contributed by atoms with Gasteiger partial charge in [-0.15, -0.1) is 13.2 Å². The first kappa shape index (κ1) is 17.9. The van der Waals surface area contributed by atoms with E-state index in [0.717, 1.165) is 26.1 Å². The molecule has 0 bridgehead atoms. The van der Waals surface area contributed by atoms with Crippen LogP contribution in [0.2, 0.25) is 0 Å². The lowest BCUT2D eigenvalue weighted by Crippen LogP contribution is -2.35. The second kappa shape index (κ2) is 7.26. The van der Waals surface area contributed by atoms with Crippen LogP contribution in [0.5, 0.6) is 5.75 Å². The lowest BCUT2D eigenvalue weighted by molar-refractivity contribution is -0.274. The second-order valence-corrected chi connectivity index (χ2v) is 6.66. The van der Waals surface area contributed by atoms with Crippen LogP contribution in [0, 0.1) is 11.8 Å². The third-order valence-electron chi connectivity index (χ3n) is 4.87. The molecule has 1 N–H and O–H groups in total. The molecule has 2 unspecified atom stereocenters. The number of fused-ring (bicyclic) bond motifs is 1. The number of nitrogens with zero attached hydrogens (tertiary/aromatic N) is 1. The van der Waals surface area contributed by atoms with Crippen molar-refractivity contribution in [2.45, 2.75) is 25.2 Å². The summed E-state index contributed by atoms with van der Waals surface area (Å²) in [6, 6.07) is 4.12. The molecule has 27 heavy (non-hydrogen) atoms. The lowest BCUT2D eigenvalue weighted by atomic mass is 9.79. The minimum atomic E-state index is -4.75. The van der Waals surface area contributed by atoms with E-state index in [1.54, 1.807) is 0 Å². The summed E-state index contributed by atoms with van der Waals surface area (Å²) in [4.78, 5) is 4.33. The van der Waals surface area contributed by atoms with Gasteiger partial charge in [0.15, 0.2) is 5.58 Å². The van der Waals surface area contributed by atoms with Crippen molar-refractivity contribution in [3.05, 3.63) is 42.5 Å². The highest BCUT2D eigenvalue weighted by Crippen LogP contribution is 2.33. The van der Waals surface area contributed by atoms with E-state index in [-0.39, 0.29) is 29.3 Å². The number of oxazole rings is 1.